The van der Waals surface area contributed by atoms with Crippen LogP contribution in [-0.4, -0.2) is 15.0 Å². The molecule has 0 amide bonds. The van der Waals surface area contributed by atoms with E-state index in [1.165, 1.54) is 0 Å². The van der Waals surface area contributed by atoms with Gasteiger partial charge in [0.1, 0.15) is 11.3 Å². The summed E-state index contributed by atoms with van der Waals surface area (Å²) < 4.78 is 0. The van der Waals surface area contributed by atoms with Crippen molar-refractivity contribution in [3.8, 4) is 0 Å². The Morgan fingerprint density at radius 1 is 1.43 bits per heavy atom. The Hall–Kier alpha value is -0.840. The van der Waals surface area contributed by atoms with E-state index in [0.29, 0.717) is 6.54 Å². The zero-order chi connectivity index (χ0) is 8.55. The van der Waals surface area contributed by atoms with Gasteiger partial charge in [-0.1, -0.05) is 0 Å². The Labute approximate surface area is 94.1 Å². The van der Waals surface area contributed by atoms with E-state index in [4.69, 9.17) is 5.73 Å². The molecule has 2 heterocycles. The van der Waals surface area contributed by atoms with E-state index in [1.54, 1.807) is 6.20 Å². The first kappa shape index (κ1) is 13.2. The lowest BCUT2D eigenvalue weighted by atomic mass is 10.3. The van der Waals surface area contributed by atoms with E-state index in [1.807, 2.05) is 13.0 Å². The van der Waals surface area contributed by atoms with Crippen LogP contribution in [0.1, 0.15) is 11.4 Å². The van der Waals surface area contributed by atoms with Gasteiger partial charge < -0.3 is 10.7 Å². The predicted molar refractivity (Wildman–Crippen MR) is 61.0 cm³/mol. The summed E-state index contributed by atoms with van der Waals surface area (Å²) in [6.45, 7) is 2.43. The fourth-order valence-electron chi connectivity index (χ4n) is 1.18. The SMILES string of the molecule is Cc1ccnc2[nH]c(CN)nc12.Cl.Cl. The number of hydrogen-bond donors (Lipinski definition) is 2. The van der Waals surface area contributed by atoms with Crippen LogP contribution in [0.15, 0.2) is 12.3 Å². The summed E-state index contributed by atoms with van der Waals surface area (Å²) in [5.41, 5.74) is 8.29. The molecule has 0 unspecified atom stereocenters. The highest BCUT2D eigenvalue weighted by atomic mass is 35.5. The first-order chi connectivity index (χ1) is 5.81. The van der Waals surface area contributed by atoms with Crippen LogP contribution in [0, 0.1) is 6.92 Å². The number of nitrogens with one attached hydrogen (secondary N) is 1. The molecule has 0 saturated carbocycles. The Kier molecular flexibility index (Phi) is 4.83. The van der Waals surface area contributed by atoms with Crippen molar-refractivity contribution in [2.75, 3.05) is 0 Å². The number of hydrogen-bond acceptors (Lipinski definition) is 3. The van der Waals surface area contributed by atoms with Gasteiger partial charge in [-0.15, -0.1) is 24.8 Å². The van der Waals surface area contributed by atoms with Crippen LogP contribution in [-0.2, 0) is 6.54 Å². The third kappa shape index (κ3) is 2.15. The number of nitrogens with zero attached hydrogens (tertiary/aromatic N) is 2. The normalized spacial score (nSPS) is 9.29. The summed E-state index contributed by atoms with van der Waals surface area (Å²) in [4.78, 5) is 11.5. The summed E-state index contributed by atoms with van der Waals surface area (Å²) in [5.74, 6) is 0.784. The fourth-order valence-corrected chi connectivity index (χ4v) is 1.18. The number of aromatic amines is 1. The average molecular weight is 235 g/mol. The zero-order valence-corrected chi connectivity index (χ0v) is 9.28. The lowest BCUT2D eigenvalue weighted by molar-refractivity contribution is 0.956. The van der Waals surface area contributed by atoms with Gasteiger partial charge in [-0.3, -0.25) is 0 Å². The Morgan fingerprint density at radius 2 is 2.14 bits per heavy atom. The molecule has 0 bridgehead atoms. The predicted octanol–water partition coefficient (Wildman–Crippen LogP) is 1.57. The van der Waals surface area contributed by atoms with Crippen molar-refractivity contribution in [3.63, 3.8) is 0 Å². The smallest absolute Gasteiger partial charge is 0.157 e. The van der Waals surface area contributed by atoms with E-state index in [0.717, 1.165) is 22.6 Å². The zero-order valence-electron chi connectivity index (χ0n) is 7.65. The second-order valence-corrected chi connectivity index (χ2v) is 2.71. The second kappa shape index (κ2) is 5.14. The van der Waals surface area contributed by atoms with Gasteiger partial charge in [0.2, 0.25) is 0 Å². The van der Waals surface area contributed by atoms with Crippen molar-refractivity contribution in [1.82, 2.24) is 15.0 Å². The van der Waals surface area contributed by atoms with Gasteiger partial charge in [-0.25, -0.2) is 9.97 Å². The summed E-state index contributed by atoms with van der Waals surface area (Å²) in [5, 5.41) is 0. The number of fused-ring (bicyclic) bond motifs is 1. The van der Waals surface area contributed by atoms with Crippen LogP contribution in [0.25, 0.3) is 11.2 Å². The number of rotatable bonds is 1. The van der Waals surface area contributed by atoms with Gasteiger partial charge in [0.15, 0.2) is 5.65 Å². The minimum atomic E-state index is 0. The van der Waals surface area contributed by atoms with E-state index < -0.39 is 0 Å². The van der Waals surface area contributed by atoms with Crippen molar-refractivity contribution in [1.29, 1.82) is 0 Å². The molecule has 2 aromatic heterocycles. The van der Waals surface area contributed by atoms with E-state index >= 15 is 0 Å². The molecule has 0 aliphatic rings. The second-order valence-electron chi connectivity index (χ2n) is 2.71. The number of imidazole rings is 1. The van der Waals surface area contributed by atoms with Crippen molar-refractivity contribution < 1.29 is 0 Å². The quantitative estimate of drug-likeness (QED) is 0.788. The number of H-pyrrole nitrogens is 1. The van der Waals surface area contributed by atoms with Crippen molar-refractivity contribution >= 4 is 36.0 Å². The number of aryl methyl sites for hydroxylation is 1. The first-order valence-electron chi connectivity index (χ1n) is 3.81. The molecule has 2 rings (SSSR count). The third-order valence-electron chi connectivity index (χ3n) is 1.83. The molecule has 78 valence electrons. The number of aromatic nitrogens is 3. The molecule has 4 nitrogen and oxygen atoms in total. The topological polar surface area (TPSA) is 67.6 Å². The van der Waals surface area contributed by atoms with Gasteiger partial charge in [-0.2, -0.15) is 0 Å². The number of halogens is 2. The minimum absolute atomic E-state index is 0. The van der Waals surface area contributed by atoms with E-state index in [-0.39, 0.29) is 24.8 Å². The molecule has 6 heteroatoms. The summed E-state index contributed by atoms with van der Waals surface area (Å²) in [6.07, 6.45) is 1.76. The lowest BCUT2D eigenvalue weighted by Gasteiger charge is -1.89. The highest BCUT2D eigenvalue weighted by Gasteiger charge is 2.03. The highest BCUT2D eigenvalue weighted by Crippen LogP contribution is 2.12. The van der Waals surface area contributed by atoms with Crippen LogP contribution in [0.2, 0.25) is 0 Å². The molecular formula is C8H12Cl2N4. The van der Waals surface area contributed by atoms with Gasteiger partial charge >= 0.3 is 0 Å². The maximum atomic E-state index is 5.44. The molecule has 0 fully saturated rings. The van der Waals surface area contributed by atoms with E-state index in [9.17, 15) is 0 Å². The Morgan fingerprint density at radius 3 is 2.71 bits per heavy atom. The number of pyridine rings is 1. The van der Waals surface area contributed by atoms with Crippen molar-refractivity contribution in [2.45, 2.75) is 13.5 Å². The molecule has 2 aromatic rings. The Bertz CT molecular complexity index is 413. The van der Waals surface area contributed by atoms with Gasteiger partial charge in [-0.05, 0) is 18.6 Å². The standard InChI is InChI=1S/C8H10N4.2ClH/c1-5-2-3-10-8-7(5)11-6(4-9)12-8;;/h2-3H,4,9H2,1H3,(H,10,11,12);2*1H. The molecular weight excluding hydrogens is 223 g/mol. The maximum absolute atomic E-state index is 5.44. The molecule has 14 heavy (non-hydrogen) atoms. The van der Waals surface area contributed by atoms with Crippen LogP contribution >= 0.6 is 24.8 Å². The summed E-state index contributed by atoms with van der Waals surface area (Å²) in [6, 6.07) is 1.93. The molecule has 0 atom stereocenters. The molecule has 0 aliphatic heterocycles. The van der Waals surface area contributed by atoms with Gasteiger partial charge in [0, 0.05) is 6.20 Å². The first-order valence-corrected chi connectivity index (χ1v) is 3.81. The Balaban J connectivity index is 0.000000845. The van der Waals surface area contributed by atoms with E-state index in [2.05, 4.69) is 15.0 Å². The molecule has 0 radical (unpaired) electrons. The third-order valence-corrected chi connectivity index (χ3v) is 1.83. The molecule has 3 N–H and O–H groups in total. The molecule has 0 aliphatic carbocycles. The van der Waals surface area contributed by atoms with Crippen LogP contribution < -0.4 is 5.73 Å². The molecule has 0 spiro atoms. The fraction of sp³-hybridized carbons (Fsp3) is 0.250. The lowest BCUT2D eigenvalue weighted by Crippen LogP contribution is -1.97. The van der Waals surface area contributed by atoms with Crippen molar-refractivity contribution in [2.24, 2.45) is 5.73 Å². The van der Waals surface area contributed by atoms with Crippen LogP contribution in [0.4, 0.5) is 0 Å². The van der Waals surface area contributed by atoms with Gasteiger partial charge in [0.05, 0.1) is 6.54 Å². The summed E-state index contributed by atoms with van der Waals surface area (Å²) >= 11 is 0. The number of nitrogens with two attached hydrogens (primary N) is 1. The summed E-state index contributed by atoms with van der Waals surface area (Å²) in [7, 11) is 0. The van der Waals surface area contributed by atoms with Crippen LogP contribution in [0.3, 0.4) is 0 Å². The highest BCUT2D eigenvalue weighted by molar-refractivity contribution is 5.85. The maximum Gasteiger partial charge on any atom is 0.157 e. The molecule has 0 aromatic carbocycles. The largest absolute Gasteiger partial charge is 0.326 e. The minimum Gasteiger partial charge on any atom is -0.326 e. The monoisotopic (exact) mass is 234 g/mol. The van der Waals surface area contributed by atoms with Gasteiger partial charge in [0.25, 0.3) is 0 Å². The molecule has 0 saturated heterocycles. The van der Waals surface area contributed by atoms with Crippen LogP contribution in [0.5, 0.6) is 0 Å². The average Bonchev–Trinajstić information content (AvgIpc) is 2.49. The van der Waals surface area contributed by atoms with Crippen molar-refractivity contribution in [3.05, 3.63) is 23.7 Å².